The van der Waals surface area contributed by atoms with Gasteiger partial charge >= 0.3 is 5.97 Å². The Bertz CT molecular complexity index is 3300. The number of aliphatic hydroxyl groups excluding tert-OH is 2. The number of esters is 1. The first-order chi connectivity index (χ1) is 43.9. The molecule has 11 atom stereocenters. The summed E-state index contributed by atoms with van der Waals surface area (Å²) in [4.78, 5) is 13.4. The van der Waals surface area contributed by atoms with E-state index in [4.69, 9.17) is 56.5 Å². The fourth-order valence-electron chi connectivity index (χ4n) is 11.8. The monoisotopic (exact) mass is 1240 g/mol. The maximum absolute atomic E-state index is 13.4. The smallest absolute Gasteiger partial charge is 0.337 e. The fraction of sp³-hybridized carbons (Fsp3) is 0.338. The molecule has 0 amide bonds. The Balaban J connectivity index is 1.14. The number of carbonyl (C=O) groups excluding carboxylic acids is 1. The van der Waals surface area contributed by atoms with E-state index in [-0.39, 0.29) is 59.6 Å². The van der Waals surface area contributed by atoms with E-state index < -0.39 is 86.3 Å². The molecule has 2 aliphatic heterocycles. The lowest BCUT2D eigenvalue weighted by molar-refractivity contribution is -0.403. The average Bonchev–Trinajstić information content (AvgIpc) is 1.25. The Kier molecular flexibility index (Phi) is 23.6. The van der Waals surface area contributed by atoms with Crippen molar-refractivity contribution in [3.8, 4) is 0 Å². The molecule has 15 nitrogen and oxygen atoms in total. The predicted octanol–water partition coefficient (Wildman–Crippen LogP) is 10.4. The fourth-order valence-corrected chi connectivity index (χ4v) is 16.4. The molecule has 8 aromatic rings. The standard InChI is InChI=1S/C74H82O15Si/c1-73(2,3)90(60-41-25-11-26-42-60,61-43-27-12-28-44-61)86-51-62-65(81-46-55-31-15-6-16-32-55)70(85-50-59-39-23-10-24-40-59)74(88-62,52-80-53-79-45-54-29-13-5-14-30-54)89-72-69(84-49-58-37-21-9-22-38-58)68(83-48-57-35-19-8-20-36-57)67(82-47-56-33-17-7-18-34-56)66(87-72)63(75)64(76)71(77)78-4/h5-44,62-70,72,75-76H,45-53H2,1-4H3/t62-,63+,64-,65-,66-,67-,68+,69-,70+,72-,74+/m1/s1. The summed E-state index contributed by atoms with van der Waals surface area (Å²) in [6, 6.07) is 78.8. The number of rotatable bonds is 31. The van der Waals surface area contributed by atoms with Crippen molar-refractivity contribution in [2.45, 2.75) is 132 Å². The highest BCUT2D eigenvalue weighted by molar-refractivity contribution is 6.99. The van der Waals surface area contributed by atoms with Gasteiger partial charge in [-0.25, -0.2) is 4.79 Å². The van der Waals surface area contributed by atoms with Crippen LogP contribution in [0.5, 0.6) is 0 Å². The van der Waals surface area contributed by atoms with E-state index in [2.05, 4.69) is 45.0 Å². The van der Waals surface area contributed by atoms with E-state index in [1.54, 1.807) is 0 Å². The van der Waals surface area contributed by atoms with Crippen LogP contribution in [0.1, 0.15) is 54.2 Å². The number of ether oxygens (including phenoxy) is 11. The number of benzene rings is 8. The Labute approximate surface area is 529 Å². The summed E-state index contributed by atoms with van der Waals surface area (Å²) < 4.78 is 83.8. The molecule has 8 aromatic carbocycles. The molecule has 2 N–H and O–H groups in total. The zero-order chi connectivity index (χ0) is 62.6. The molecule has 472 valence electrons. The third kappa shape index (κ3) is 16.7. The number of hydrogen-bond acceptors (Lipinski definition) is 15. The van der Waals surface area contributed by atoms with Gasteiger partial charge in [0.15, 0.2) is 12.4 Å². The number of methoxy groups -OCH3 is 1. The minimum Gasteiger partial charge on any atom is -0.467 e. The normalized spacial score (nSPS) is 22.6. The molecule has 16 heteroatoms. The second kappa shape index (κ2) is 32.3. The van der Waals surface area contributed by atoms with Crippen molar-refractivity contribution in [2.75, 3.05) is 27.1 Å². The van der Waals surface area contributed by atoms with Crippen molar-refractivity contribution in [2.24, 2.45) is 0 Å². The van der Waals surface area contributed by atoms with Gasteiger partial charge in [0, 0.05) is 0 Å². The zero-order valence-corrected chi connectivity index (χ0v) is 52.4. The van der Waals surface area contributed by atoms with Gasteiger partial charge in [0.25, 0.3) is 8.32 Å². The molecular weight excluding hydrogens is 1160 g/mol. The van der Waals surface area contributed by atoms with E-state index in [9.17, 15) is 15.0 Å². The molecule has 0 unspecified atom stereocenters. The van der Waals surface area contributed by atoms with E-state index in [0.29, 0.717) is 0 Å². The lowest BCUT2D eigenvalue weighted by Gasteiger charge is -2.49. The Hall–Kier alpha value is -7.07. The highest BCUT2D eigenvalue weighted by Crippen LogP contribution is 2.44. The predicted molar refractivity (Wildman–Crippen MR) is 342 cm³/mol. The number of hydrogen-bond donors (Lipinski definition) is 2. The molecular formula is C74H82O15Si. The third-order valence-electron chi connectivity index (χ3n) is 16.3. The number of aliphatic hydroxyl groups is 2. The molecule has 0 spiro atoms. The van der Waals surface area contributed by atoms with Crippen molar-refractivity contribution >= 4 is 24.7 Å². The van der Waals surface area contributed by atoms with Gasteiger partial charge in [-0.15, -0.1) is 0 Å². The molecule has 0 aliphatic carbocycles. The van der Waals surface area contributed by atoms with Gasteiger partial charge in [-0.2, -0.15) is 0 Å². The molecule has 0 aromatic heterocycles. The first-order valence-electron chi connectivity index (χ1n) is 30.6. The Morgan fingerprint density at radius 3 is 1.29 bits per heavy atom. The Morgan fingerprint density at radius 2 is 0.867 bits per heavy atom. The summed E-state index contributed by atoms with van der Waals surface area (Å²) in [6.07, 6.45) is -14.1. The summed E-state index contributed by atoms with van der Waals surface area (Å²) in [5.74, 6) is -3.14. The van der Waals surface area contributed by atoms with Gasteiger partial charge < -0.3 is 66.7 Å². The van der Waals surface area contributed by atoms with Crippen LogP contribution in [0.2, 0.25) is 5.04 Å². The molecule has 2 fully saturated rings. The quantitative estimate of drug-likeness (QED) is 0.0182. The van der Waals surface area contributed by atoms with Crippen molar-refractivity contribution in [1.82, 2.24) is 0 Å². The van der Waals surface area contributed by atoms with Gasteiger partial charge in [0.2, 0.25) is 5.79 Å². The van der Waals surface area contributed by atoms with Crippen molar-refractivity contribution < 1.29 is 71.5 Å². The van der Waals surface area contributed by atoms with Gasteiger partial charge in [0.1, 0.15) is 62.2 Å². The van der Waals surface area contributed by atoms with E-state index in [1.807, 2.05) is 218 Å². The van der Waals surface area contributed by atoms with Crippen LogP contribution in [-0.2, 0) is 101 Å². The Morgan fingerprint density at radius 1 is 0.489 bits per heavy atom. The van der Waals surface area contributed by atoms with Crippen LogP contribution in [0, 0.1) is 0 Å². The van der Waals surface area contributed by atoms with Crippen LogP contribution in [-0.4, -0.2) is 119 Å². The highest BCUT2D eigenvalue weighted by atomic mass is 28.4. The van der Waals surface area contributed by atoms with Crippen LogP contribution in [0.25, 0.3) is 0 Å². The lowest BCUT2D eigenvalue weighted by Crippen LogP contribution is -2.67. The van der Waals surface area contributed by atoms with Crippen molar-refractivity contribution in [1.29, 1.82) is 0 Å². The largest absolute Gasteiger partial charge is 0.467 e. The van der Waals surface area contributed by atoms with Crippen LogP contribution in [0.15, 0.2) is 243 Å². The first kappa shape index (κ1) is 65.9. The third-order valence-corrected chi connectivity index (χ3v) is 21.3. The summed E-state index contributed by atoms with van der Waals surface area (Å²) in [7, 11) is -2.18. The molecule has 0 bridgehead atoms. The van der Waals surface area contributed by atoms with Crippen LogP contribution >= 0.6 is 0 Å². The highest BCUT2D eigenvalue weighted by Gasteiger charge is 2.63. The average molecular weight is 1240 g/mol. The van der Waals surface area contributed by atoms with Crippen LogP contribution in [0.3, 0.4) is 0 Å². The molecule has 10 rings (SSSR count). The van der Waals surface area contributed by atoms with E-state index in [1.165, 1.54) is 0 Å². The molecule has 2 aliphatic rings. The van der Waals surface area contributed by atoms with E-state index in [0.717, 1.165) is 50.9 Å². The van der Waals surface area contributed by atoms with Gasteiger partial charge in [-0.05, 0) is 48.8 Å². The maximum Gasteiger partial charge on any atom is 0.337 e. The topological polar surface area (TPSA) is 168 Å². The summed E-state index contributed by atoms with van der Waals surface area (Å²) in [6.45, 7) is 6.49. The second-order valence-corrected chi connectivity index (χ2v) is 27.9. The minimum absolute atomic E-state index is 0.00124. The molecule has 0 saturated carbocycles. The zero-order valence-electron chi connectivity index (χ0n) is 51.4. The van der Waals surface area contributed by atoms with Crippen LogP contribution < -0.4 is 10.4 Å². The van der Waals surface area contributed by atoms with Gasteiger partial charge in [0.05, 0.1) is 53.4 Å². The molecule has 2 heterocycles. The van der Waals surface area contributed by atoms with Gasteiger partial charge in [-0.3, -0.25) is 0 Å². The number of carbonyl (C=O) groups is 1. The first-order valence-corrected chi connectivity index (χ1v) is 32.5. The summed E-state index contributed by atoms with van der Waals surface area (Å²) in [5, 5.41) is 25.9. The van der Waals surface area contributed by atoms with Crippen molar-refractivity contribution in [3.05, 3.63) is 276 Å². The maximum atomic E-state index is 13.4. The van der Waals surface area contributed by atoms with E-state index >= 15 is 0 Å². The second-order valence-electron chi connectivity index (χ2n) is 23.6. The summed E-state index contributed by atoms with van der Waals surface area (Å²) >= 11 is 0. The minimum atomic E-state index is -3.30. The molecule has 2 saturated heterocycles. The van der Waals surface area contributed by atoms with Gasteiger partial charge in [-0.1, -0.05) is 263 Å². The SMILES string of the molecule is COC(=O)[C@H](O)[C@H](O)[C@H]1O[C@H](O[C@]2(COCOCc3ccccc3)O[C@H](CO[Si](c3ccccc3)(c3ccccc3)C(C)(C)C)[C@@H](OCc3ccccc3)[C@@H]2OCc2ccccc2)[C@H](OCc2ccccc2)[C@@H](OCc2ccccc2)[C@@H]1OCc1ccccc1. The molecule has 0 radical (unpaired) electrons. The van der Waals surface area contributed by atoms with Crippen molar-refractivity contribution in [3.63, 3.8) is 0 Å². The molecule has 90 heavy (non-hydrogen) atoms. The lowest BCUT2D eigenvalue weighted by atomic mass is 9.91. The summed E-state index contributed by atoms with van der Waals surface area (Å²) in [5.41, 5.74) is 5.08. The van der Waals surface area contributed by atoms with Crippen LogP contribution in [0.4, 0.5) is 0 Å².